The smallest absolute Gasteiger partial charge is 0.328 e. The van der Waals surface area contributed by atoms with E-state index in [1.54, 1.807) is 10.3 Å². The van der Waals surface area contributed by atoms with Crippen molar-refractivity contribution in [1.82, 2.24) is 14.3 Å². The summed E-state index contributed by atoms with van der Waals surface area (Å²) in [6, 6.07) is 0.536. The van der Waals surface area contributed by atoms with E-state index in [1.165, 1.54) is 25.7 Å². The molecule has 12 heteroatoms. The molecule has 3 N–H and O–H groups in total. The maximum absolute atomic E-state index is 9.55. The minimum absolute atomic E-state index is 0.444. The van der Waals surface area contributed by atoms with Crippen molar-refractivity contribution in [2.24, 2.45) is 0 Å². The van der Waals surface area contributed by atoms with Crippen LogP contribution in [0.4, 0.5) is 0 Å². The molecule has 2 aliphatic rings. The molecule has 0 radical (unpaired) electrons. The molecule has 1 atom stereocenters. The number of rotatable bonds is 5. The second-order valence-electron chi connectivity index (χ2n) is 6.20. The fourth-order valence-corrected chi connectivity index (χ4v) is 4.14. The fourth-order valence-electron chi connectivity index (χ4n) is 2.88. The maximum atomic E-state index is 9.55. The zero-order chi connectivity index (χ0) is 20.9. The van der Waals surface area contributed by atoms with E-state index in [-0.39, 0.29) is 0 Å². The van der Waals surface area contributed by atoms with Gasteiger partial charge in [-0.1, -0.05) is 25.7 Å². The van der Waals surface area contributed by atoms with Crippen molar-refractivity contribution in [3.05, 3.63) is 35.0 Å². The minimum atomic E-state index is -1.26. The molecule has 1 fully saturated rings. The molecule has 3 rings (SSSR count). The van der Waals surface area contributed by atoms with Crippen molar-refractivity contribution in [2.75, 3.05) is 6.54 Å². The van der Waals surface area contributed by atoms with E-state index in [0.717, 1.165) is 11.4 Å². The number of nitrogens with one attached hydrogen (secondary N) is 1. The summed E-state index contributed by atoms with van der Waals surface area (Å²) in [4.78, 5) is 23.3. The van der Waals surface area contributed by atoms with Gasteiger partial charge in [-0.3, -0.25) is 3.97 Å². The van der Waals surface area contributed by atoms with Crippen LogP contribution in [0, 0.1) is 0 Å². The average Bonchev–Trinajstić information content (AvgIpc) is 3.27. The lowest BCUT2D eigenvalue weighted by atomic mass is 10.1. The Bertz CT molecular complexity index is 788. The summed E-state index contributed by atoms with van der Waals surface area (Å²) in [6.45, 7) is 0.573. The standard InChI is InChI=1S/C12H17N3OS4.C4H4O4/c17-9-8-10(14-6-15(8)20)12(19,16-11(9)18)5-13-7-3-1-2-4-7;5-3(6)1-2-4(7)8/h6-7,13,17-20H,1-5H2;1-2H,(H,5,6)(H,7,8)/b;2-1+. The molecule has 0 aromatic carbocycles. The summed E-state index contributed by atoms with van der Waals surface area (Å²) in [5, 5.41) is 19.6. The second-order valence-corrected chi connectivity index (χ2v) is 8.21. The van der Waals surface area contributed by atoms with E-state index in [9.17, 15) is 9.59 Å². The average molecular weight is 464 g/mol. The van der Waals surface area contributed by atoms with Gasteiger partial charge in [0.25, 0.3) is 0 Å². The van der Waals surface area contributed by atoms with Crippen LogP contribution in [0.1, 0.15) is 37.1 Å². The Hall–Kier alpha value is -1.21. The molecule has 0 spiro atoms. The molecule has 1 aliphatic heterocycles. The van der Waals surface area contributed by atoms with Crippen LogP contribution in [0.15, 0.2) is 23.6 Å². The van der Waals surface area contributed by atoms with Crippen LogP contribution >= 0.6 is 50.7 Å². The number of carbonyl (C=O) groups is 2. The van der Waals surface area contributed by atoms with Gasteiger partial charge in [0.15, 0.2) is 5.09 Å². The van der Waals surface area contributed by atoms with Crippen LogP contribution in [-0.4, -0.2) is 43.7 Å². The van der Waals surface area contributed by atoms with Crippen molar-refractivity contribution in [3.63, 3.8) is 0 Å². The van der Waals surface area contributed by atoms with Crippen LogP contribution in [0.2, 0.25) is 0 Å². The van der Waals surface area contributed by atoms with E-state index >= 15 is 0 Å². The lowest BCUT2D eigenvalue weighted by Crippen LogP contribution is -2.41. The molecule has 154 valence electrons. The monoisotopic (exact) mass is 463 g/mol. The van der Waals surface area contributed by atoms with E-state index in [0.29, 0.717) is 34.7 Å². The molecule has 8 nitrogen and oxygen atoms in total. The van der Waals surface area contributed by atoms with E-state index in [2.05, 4.69) is 48.4 Å². The van der Waals surface area contributed by atoms with Crippen LogP contribution in [0.5, 0.6) is 0 Å². The quantitative estimate of drug-likeness (QED) is 0.265. The van der Waals surface area contributed by atoms with Gasteiger partial charge in [-0.15, -0.1) is 37.9 Å². The van der Waals surface area contributed by atoms with Crippen LogP contribution in [0.25, 0.3) is 4.91 Å². The molecular weight excluding hydrogens is 442 g/mol. The Morgan fingerprint density at radius 2 is 1.86 bits per heavy atom. The fraction of sp³-hybridized carbons (Fsp3) is 0.438. The summed E-state index contributed by atoms with van der Waals surface area (Å²) in [5.41, 5.74) is 1.51. The Balaban J connectivity index is 0.000000300. The number of thiol groups is 4. The molecule has 0 amide bonds. The number of fused-ring (bicyclic) bond motifs is 1. The van der Waals surface area contributed by atoms with Crippen molar-refractivity contribution in [2.45, 2.75) is 36.7 Å². The van der Waals surface area contributed by atoms with Crippen molar-refractivity contribution in [3.8, 4) is 0 Å². The number of aromatic nitrogens is 2. The molecule has 1 unspecified atom stereocenters. The first-order valence-electron chi connectivity index (χ1n) is 8.32. The molecule has 1 aromatic heterocycles. The number of ether oxygens (including phenoxy) is 1. The third kappa shape index (κ3) is 5.89. The van der Waals surface area contributed by atoms with Crippen LogP contribution in [0.3, 0.4) is 0 Å². The first kappa shape index (κ1) is 23.1. The molecule has 1 aliphatic carbocycles. The highest BCUT2D eigenvalue weighted by atomic mass is 32.1. The van der Waals surface area contributed by atoms with Crippen molar-refractivity contribution >= 4 is 67.5 Å². The number of carboxylic acid groups (broad SMARTS) is 2. The first-order valence-corrected chi connectivity index (χ1v) is 10.1. The minimum Gasteiger partial charge on any atom is -0.478 e. The van der Waals surface area contributed by atoms with E-state index < -0.39 is 16.9 Å². The summed E-state index contributed by atoms with van der Waals surface area (Å²) in [5.74, 6) is -2.51. The van der Waals surface area contributed by atoms with Gasteiger partial charge in [0, 0.05) is 18.2 Å². The molecule has 1 aromatic rings. The van der Waals surface area contributed by atoms with Crippen LogP contribution in [-0.2, 0) is 19.3 Å². The Morgan fingerprint density at radius 3 is 2.39 bits per heavy atom. The maximum Gasteiger partial charge on any atom is 0.328 e. The SMILES string of the molecule is O=C(O)/C=C/C(=O)O.SC1=C(S)c2c(ncn2S)C(S)(CNC2CCCC2)O1. The summed E-state index contributed by atoms with van der Waals surface area (Å²) in [7, 11) is 0. The van der Waals surface area contributed by atoms with E-state index in [4.69, 9.17) is 27.6 Å². The van der Waals surface area contributed by atoms with Gasteiger partial charge >= 0.3 is 11.9 Å². The highest BCUT2D eigenvalue weighted by Gasteiger charge is 2.41. The first-order chi connectivity index (χ1) is 13.1. The molecular formula is C16H21N3O5S4. The Labute approximate surface area is 184 Å². The molecule has 1 saturated carbocycles. The predicted octanol–water partition coefficient (Wildman–Crippen LogP) is 2.42. The summed E-state index contributed by atoms with van der Waals surface area (Å²) < 4.78 is 7.47. The second kappa shape index (κ2) is 10.0. The Kier molecular flexibility index (Phi) is 8.25. The van der Waals surface area contributed by atoms with Gasteiger partial charge in [-0.2, -0.15) is 0 Å². The van der Waals surface area contributed by atoms with Gasteiger partial charge in [-0.05, 0) is 12.8 Å². The predicted molar refractivity (Wildman–Crippen MR) is 118 cm³/mol. The number of aliphatic carboxylic acids is 2. The number of imidazole rings is 1. The third-order valence-electron chi connectivity index (χ3n) is 4.17. The van der Waals surface area contributed by atoms with Crippen LogP contribution < -0.4 is 5.32 Å². The molecule has 0 bridgehead atoms. The normalized spacial score (nSPS) is 21.9. The lowest BCUT2D eigenvalue weighted by molar-refractivity contribution is -0.134. The Morgan fingerprint density at radius 1 is 1.29 bits per heavy atom. The number of carboxylic acids is 2. The van der Waals surface area contributed by atoms with Gasteiger partial charge < -0.3 is 20.3 Å². The summed E-state index contributed by atoms with van der Waals surface area (Å²) >= 11 is 17.8. The van der Waals surface area contributed by atoms with Gasteiger partial charge in [0.1, 0.15) is 12.0 Å². The number of hydrogen-bond donors (Lipinski definition) is 7. The molecule has 0 saturated heterocycles. The topological polar surface area (TPSA) is 114 Å². The number of nitrogens with zero attached hydrogens (tertiary/aromatic N) is 2. The highest BCUT2D eigenvalue weighted by molar-refractivity contribution is 7.93. The van der Waals surface area contributed by atoms with Crippen molar-refractivity contribution in [1.29, 1.82) is 0 Å². The number of hydrogen-bond acceptors (Lipinski definition) is 9. The zero-order valence-electron chi connectivity index (χ0n) is 14.6. The molecule has 28 heavy (non-hydrogen) atoms. The summed E-state index contributed by atoms with van der Waals surface area (Å²) in [6.07, 6.45) is 7.73. The van der Waals surface area contributed by atoms with Gasteiger partial charge in [0.2, 0.25) is 4.93 Å². The van der Waals surface area contributed by atoms with Gasteiger partial charge in [-0.25, -0.2) is 14.6 Å². The lowest BCUT2D eigenvalue weighted by Gasteiger charge is -2.34. The highest BCUT2D eigenvalue weighted by Crippen LogP contribution is 2.44. The van der Waals surface area contributed by atoms with Gasteiger partial charge in [0.05, 0.1) is 17.1 Å². The molecule has 2 heterocycles. The third-order valence-corrected chi connectivity index (χ3v) is 5.84. The van der Waals surface area contributed by atoms with Crippen molar-refractivity contribution < 1.29 is 24.5 Å². The van der Waals surface area contributed by atoms with E-state index in [1.807, 2.05) is 0 Å². The largest absolute Gasteiger partial charge is 0.478 e. The zero-order valence-corrected chi connectivity index (χ0v) is 18.2.